The van der Waals surface area contributed by atoms with Crippen LogP contribution in [0.5, 0.6) is 0 Å². The molecule has 0 aliphatic carbocycles. The molecule has 2 aliphatic rings. The first-order valence-corrected chi connectivity index (χ1v) is 4.38. The van der Waals surface area contributed by atoms with Crippen LogP contribution in [0.2, 0.25) is 0 Å². The van der Waals surface area contributed by atoms with Crippen molar-refractivity contribution in [3.63, 3.8) is 0 Å². The average molecular weight is 150 g/mol. The van der Waals surface area contributed by atoms with Crippen molar-refractivity contribution in [3.05, 3.63) is 0 Å². The number of hydrogen-bond acceptors (Lipinski definition) is 2. The summed E-state index contributed by atoms with van der Waals surface area (Å²) >= 11 is 0. The summed E-state index contributed by atoms with van der Waals surface area (Å²) in [6.07, 6.45) is 2.64. The third-order valence-corrected chi connectivity index (χ3v) is 3.10. The third kappa shape index (κ3) is 1.32. The molecular formula is C8H15BN2. The van der Waals surface area contributed by atoms with Gasteiger partial charge >= 0.3 is 0 Å². The van der Waals surface area contributed by atoms with Crippen LogP contribution in [0, 0.1) is 5.41 Å². The monoisotopic (exact) mass is 150 g/mol. The van der Waals surface area contributed by atoms with Gasteiger partial charge in [-0.1, -0.05) is 0 Å². The molecule has 2 saturated heterocycles. The Hall–Kier alpha value is -0.0151. The van der Waals surface area contributed by atoms with E-state index in [2.05, 4.69) is 11.9 Å². The largest absolute Gasteiger partial charge is 0.353 e. The highest BCUT2D eigenvalue weighted by Crippen LogP contribution is 2.37. The van der Waals surface area contributed by atoms with Crippen molar-refractivity contribution < 1.29 is 0 Å². The van der Waals surface area contributed by atoms with E-state index < -0.39 is 0 Å². The van der Waals surface area contributed by atoms with Crippen molar-refractivity contribution in [3.8, 4) is 0 Å². The zero-order valence-electron chi connectivity index (χ0n) is 7.21. The summed E-state index contributed by atoms with van der Waals surface area (Å²) in [6, 6.07) is 0. The van der Waals surface area contributed by atoms with Gasteiger partial charge in [0.15, 0.2) is 7.98 Å². The summed E-state index contributed by atoms with van der Waals surface area (Å²) < 4.78 is 0. The molecule has 1 unspecified atom stereocenters. The van der Waals surface area contributed by atoms with Gasteiger partial charge in [-0.3, -0.25) is 0 Å². The maximum atomic E-state index is 5.75. The van der Waals surface area contributed by atoms with Crippen LogP contribution in [0.4, 0.5) is 0 Å². The highest BCUT2D eigenvalue weighted by Gasteiger charge is 2.40. The molecule has 0 aromatic rings. The molecule has 0 N–H and O–H groups in total. The molecule has 2 rings (SSSR count). The van der Waals surface area contributed by atoms with Gasteiger partial charge in [-0.25, -0.2) is 0 Å². The molecule has 1 spiro atoms. The molecule has 0 aromatic heterocycles. The van der Waals surface area contributed by atoms with E-state index in [1.165, 1.54) is 25.9 Å². The van der Waals surface area contributed by atoms with E-state index in [1.54, 1.807) is 0 Å². The van der Waals surface area contributed by atoms with Crippen molar-refractivity contribution in [1.82, 2.24) is 9.71 Å². The molecule has 3 heteroatoms. The molecular weight excluding hydrogens is 135 g/mol. The highest BCUT2D eigenvalue weighted by molar-refractivity contribution is 6.04. The molecule has 0 bridgehead atoms. The molecule has 0 saturated carbocycles. The van der Waals surface area contributed by atoms with Gasteiger partial charge in [0.2, 0.25) is 0 Å². The van der Waals surface area contributed by atoms with Crippen molar-refractivity contribution >= 4 is 7.98 Å². The van der Waals surface area contributed by atoms with Crippen LogP contribution in [-0.2, 0) is 0 Å². The van der Waals surface area contributed by atoms with E-state index in [0.29, 0.717) is 5.41 Å². The second kappa shape index (κ2) is 2.49. The van der Waals surface area contributed by atoms with Crippen LogP contribution >= 0.6 is 0 Å². The van der Waals surface area contributed by atoms with Crippen molar-refractivity contribution in [1.29, 1.82) is 0 Å². The van der Waals surface area contributed by atoms with Crippen LogP contribution < -0.4 is 0 Å². The van der Waals surface area contributed by atoms with Crippen LogP contribution in [0.25, 0.3) is 0 Å². The summed E-state index contributed by atoms with van der Waals surface area (Å²) in [5, 5.41) is 0. The Bertz CT molecular complexity index is 142. The summed E-state index contributed by atoms with van der Waals surface area (Å²) in [5.41, 5.74) is 0.559. The summed E-state index contributed by atoms with van der Waals surface area (Å²) in [7, 11) is 7.95. The van der Waals surface area contributed by atoms with Crippen LogP contribution in [0.1, 0.15) is 12.8 Å². The predicted molar refractivity (Wildman–Crippen MR) is 46.5 cm³/mol. The topological polar surface area (TPSA) is 6.48 Å². The minimum absolute atomic E-state index is 0.559. The van der Waals surface area contributed by atoms with Crippen molar-refractivity contribution in [2.75, 3.05) is 33.2 Å². The van der Waals surface area contributed by atoms with Gasteiger partial charge < -0.3 is 9.71 Å². The number of nitrogens with zero attached hydrogens (tertiary/aromatic N) is 2. The zero-order valence-corrected chi connectivity index (χ0v) is 7.21. The van der Waals surface area contributed by atoms with E-state index in [0.717, 1.165) is 13.1 Å². The molecule has 0 aromatic carbocycles. The number of rotatable bonds is 0. The lowest BCUT2D eigenvalue weighted by atomic mass is 9.86. The lowest BCUT2D eigenvalue weighted by molar-refractivity contribution is 0.296. The Morgan fingerprint density at radius 1 is 1.18 bits per heavy atom. The van der Waals surface area contributed by atoms with Crippen LogP contribution in [-0.4, -0.2) is 50.9 Å². The van der Waals surface area contributed by atoms with Gasteiger partial charge in [-0.15, -0.1) is 0 Å². The van der Waals surface area contributed by atoms with Gasteiger partial charge in [0.25, 0.3) is 0 Å². The molecule has 2 heterocycles. The fourth-order valence-electron chi connectivity index (χ4n) is 2.46. The molecule has 1 atom stereocenters. The standard InChI is InChI=1S/C8H15BN2/c1-10-4-2-8(6-10)3-5-11(9)7-8/h2-7H2,1H3. The average Bonchev–Trinajstić information content (AvgIpc) is 2.44. The normalized spacial score (nSPS) is 40.8. The van der Waals surface area contributed by atoms with E-state index in [1.807, 2.05) is 4.81 Å². The fraction of sp³-hybridized carbons (Fsp3) is 1.00. The fourth-order valence-corrected chi connectivity index (χ4v) is 2.46. The lowest BCUT2D eigenvalue weighted by Gasteiger charge is -2.22. The van der Waals surface area contributed by atoms with E-state index >= 15 is 0 Å². The second-order valence-corrected chi connectivity index (χ2v) is 4.21. The van der Waals surface area contributed by atoms with Gasteiger partial charge in [0, 0.05) is 6.54 Å². The number of likely N-dealkylation sites (tertiary alicyclic amines) is 1. The van der Waals surface area contributed by atoms with Crippen molar-refractivity contribution in [2.24, 2.45) is 5.41 Å². The predicted octanol–water partition coefficient (Wildman–Crippen LogP) is 0.0975. The van der Waals surface area contributed by atoms with Crippen LogP contribution in [0.3, 0.4) is 0 Å². The molecule has 11 heavy (non-hydrogen) atoms. The SMILES string of the molecule is [B]N1CCC2(CCN(C)C2)C1. The van der Waals surface area contributed by atoms with E-state index in [-0.39, 0.29) is 0 Å². The van der Waals surface area contributed by atoms with Gasteiger partial charge in [0.1, 0.15) is 0 Å². The van der Waals surface area contributed by atoms with Gasteiger partial charge in [0.05, 0.1) is 0 Å². The minimum Gasteiger partial charge on any atom is -0.353 e. The molecule has 2 nitrogen and oxygen atoms in total. The quantitative estimate of drug-likeness (QED) is 0.452. The van der Waals surface area contributed by atoms with Gasteiger partial charge in [-0.2, -0.15) is 0 Å². The van der Waals surface area contributed by atoms with E-state index in [4.69, 9.17) is 7.98 Å². The number of hydrogen-bond donors (Lipinski definition) is 0. The lowest BCUT2D eigenvalue weighted by Crippen LogP contribution is -2.28. The molecule has 60 valence electrons. The Morgan fingerprint density at radius 2 is 1.91 bits per heavy atom. The second-order valence-electron chi connectivity index (χ2n) is 4.21. The first kappa shape index (κ1) is 7.62. The Balaban J connectivity index is 2.02. The summed E-state index contributed by atoms with van der Waals surface area (Å²) in [4.78, 5) is 4.39. The first-order chi connectivity index (χ1) is 5.20. The summed E-state index contributed by atoms with van der Waals surface area (Å²) in [6.45, 7) is 4.71. The maximum Gasteiger partial charge on any atom is 0.182 e. The highest BCUT2D eigenvalue weighted by atomic mass is 15.2. The van der Waals surface area contributed by atoms with Gasteiger partial charge in [-0.05, 0) is 44.9 Å². The molecule has 2 aliphatic heterocycles. The Kier molecular flexibility index (Phi) is 1.73. The smallest absolute Gasteiger partial charge is 0.182 e. The Labute approximate surface area is 70.0 Å². The Morgan fingerprint density at radius 3 is 2.36 bits per heavy atom. The molecule has 2 fully saturated rings. The molecule has 0 amide bonds. The maximum absolute atomic E-state index is 5.75. The summed E-state index contributed by atoms with van der Waals surface area (Å²) in [5.74, 6) is 0. The molecule has 2 radical (unpaired) electrons. The minimum atomic E-state index is 0.559. The third-order valence-electron chi connectivity index (χ3n) is 3.10. The first-order valence-electron chi connectivity index (χ1n) is 4.38. The van der Waals surface area contributed by atoms with Crippen LogP contribution in [0.15, 0.2) is 0 Å². The zero-order chi connectivity index (χ0) is 7.90. The van der Waals surface area contributed by atoms with Crippen molar-refractivity contribution in [2.45, 2.75) is 12.8 Å². The van der Waals surface area contributed by atoms with E-state index in [9.17, 15) is 0 Å².